The quantitative estimate of drug-likeness (QED) is 0.796. The Morgan fingerprint density at radius 2 is 1.90 bits per heavy atom. The van der Waals surface area contributed by atoms with E-state index in [1.165, 1.54) is 13.5 Å². The first kappa shape index (κ1) is 15.3. The molecule has 21 heavy (non-hydrogen) atoms. The molecular formula is C17H28O4. The Labute approximate surface area is 127 Å². The summed E-state index contributed by atoms with van der Waals surface area (Å²) in [5, 5.41) is 9.95. The van der Waals surface area contributed by atoms with Crippen molar-refractivity contribution in [3.8, 4) is 0 Å². The van der Waals surface area contributed by atoms with Gasteiger partial charge in [-0.05, 0) is 50.4 Å². The van der Waals surface area contributed by atoms with E-state index in [4.69, 9.17) is 9.47 Å². The summed E-state index contributed by atoms with van der Waals surface area (Å²) in [7, 11) is 1.48. The molecule has 120 valence electrons. The van der Waals surface area contributed by atoms with Crippen molar-refractivity contribution >= 4 is 5.97 Å². The number of carbonyl (C=O) groups is 1. The summed E-state index contributed by atoms with van der Waals surface area (Å²) in [6.07, 6.45) is 6.60. The van der Waals surface area contributed by atoms with Gasteiger partial charge in [-0.15, -0.1) is 0 Å². The molecule has 1 spiro atoms. The van der Waals surface area contributed by atoms with Gasteiger partial charge < -0.3 is 14.6 Å². The number of methoxy groups -OCH3 is 1. The first-order valence-electron chi connectivity index (χ1n) is 8.36. The highest BCUT2D eigenvalue weighted by Gasteiger charge is 2.73. The molecule has 2 saturated carbocycles. The van der Waals surface area contributed by atoms with Gasteiger partial charge >= 0.3 is 5.97 Å². The molecule has 4 nitrogen and oxygen atoms in total. The van der Waals surface area contributed by atoms with Crippen molar-refractivity contribution in [3.05, 3.63) is 0 Å². The summed E-state index contributed by atoms with van der Waals surface area (Å²) >= 11 is 0. The molecule has 0 amide bonds. The van der Waals surface area contributed by atoms with E-state index >= 15 is 0 Å². The molecule has 2 bridgehead atoms. The maximum Gasteiger partial charge on any atom is 0.314 e. The van der Waals surface area contributed by atoms with Gasteiger partial charge in [-0.2, -0.15) is 0 Å². The molecule has 1 heterocycles. The van der Waals surface area contributed by atoms with Gasteiger partial charge in [0.15, 0.2) is 0 Å². The number of esters is 1. The molecule has 0 aromatic carbocycles. The topological polar surface area (TPSA) is 55.8 Å². The lowest BCUT2D eigenvalue weighted by Crippen LogP contribution is -2.59. The number of ether oxygens (including phenoxy) is 2. The predicted octanol–water partition coefficient (Wildman–Crippen LogP) is 2.68. The fourth-order valence-electron chi connectivity index (χ4n) is 5.80. The van der Waals surface area contributed by atoms with Crippen LogP contribution in [0.2, 0.25) is 0 Å². The zero-order chi connectivity index (χ0) is 15.3. The Kier molecular flexibility index (Phi) is 3.61. The lowest BCUT2D eigenvalue weighted by molar-refractivity contribution is -0.209. The van der Waals surface area contributed by atoms with Crippen LogP contribution in [0, 0.1) is 17.3 Å². The minimum Gasteiger partial charge on any atom is -0.469 e. The highest BCUT2D eigenvalue weighted by molar-refractivity contribution is 5.79. The van der Waals surface area contributed by atoms with Crippen LogP contribution in [-0.4, -0.2) is 36.0 Å². The molecule has 0 radical (unpaired) electrons. The third-order valence-corrected chi connectivity index (χ3v) is 6.60. The van der Waals surface area contributed by atoms with Gasteiger partial charge in [-0.3, -0.25) is 4.79 Å². The molecule has 3 rings (SSSR count). The molecule has 4 atom stereocenters. The summed E-state index contributed by atoms with van der Waals surface area (Å²) in [5.41, 5.74) is -1.56. The van der Waals surface area contributed by atoms with Crippen LogP contribution in [0.4, 0.5) is 0 Å². The Morgan fingerprint density at radius 3 is 2.48 bits per heavy atom. The highest BCUT2D eigenvalue weighted by atomic mass is 16.6. The Hall–Kier alpha value is -0.610. The van der Waals surface area contributed by atoms with Crippen molar-refractivity contribution in [1.29, 1.82) is 0 Å². The highest BCUT2D eigenvalue weighted by Crippen LogP contribution is 2.66. The minimum atomic E-state index is -0.567. The predicted molar refractivity (Wildman–Crippen MR) is 78.7 cm³/mol. The Balaban J connectivity index is 2.14. The van der Waals surface area contributed by atoms with Crippen LogP contribution in [0.25, 0.3) is 0 Å². The molecule has 1 aliphatic heterocycles. The van der Waals surface area contributed by atoms with Crippen LogP contribution in [-0.2, 0) is 14.3 Å². The van der Waals surface area contributed by atoms with Gasteiger partial charge in [0.1, 0.15) is 5.41 Å². The largest absolute Gasteiger partial charge is 0.469 e. The maximum absolute atomic E-state index is 12.8. The third-order valence-electron chi connectivity index (χ3n) is 6.60. The van der Waals surface area contributed by atoms with E-state index in [0.29, 0.717) is 18.3 Å². The summed E-state index contributed by atoms with van der Waals surface area (Å²) in [5.74, 6) is 0.525. The third kappa shape index (κ3) is 1.78. The van der Waals surface area contributed by atoms with E-state index in [-0.39, 0.29) is 12.6 Å². The number of aliphatic hydroxyl groups excluding tert-OH is 1. The Morgan fingerprint density at radius 1 is 1.24 bits per heavy atom. The standard InChI is InChI=1S/C17H28O4/c1-12-6-4-7-13(2)17(12)16(14(19)20-3)9-5-8-15(10-16,11-18)21-17/h12-13,18H,4-11H2,1-3H3/t12?,13?,15-,16+,17?/m0/s1. The van der Waals surface area contributed by atoms with Crippen molar-refractivity contribution in [2.75, 3.05) is 13.7 Å². The van der Waals surface area contributed by atoms with Crippen LogP contribution in [0.15, 0.2) is 0 Å². The van der Waals surface area contributed by atoms with E-state index in [1.807, 2.05) is 0 Å². The van der Waals surface area contributed by atoms with Crippen molar-refractivity contribution in [2.24, 2.45) is 17.3 Å². The zero-order valence-corrected chi connectivity index (χ0v) is 13.5. The molecule has 2 unspecified atom stereocenters. The second-order valence-corrected chi connectivity index (χ2v) is 7.57. The average Bonchev–Trinajstić information content (AvgIpc) is 2.71. The monoisotopic (exact) mass is 296 g/mol. The number of aliphatic hydroxyl groups is 1. The van der Waals surface area contributed by atoms with Crippen molar-refractivity contribution in [1.82, 2.24) is 0 Å². The summed E-state index contributed by atoms with van der Waals surface area (Å²) in [6.45, 7) is 4.44. The van der Waals surface area contributed by atoms with E-state index in [1.54, 1.807) is 0 Å². The number of rotatable bonds is 2. The summed E-state index contributed by atoms with van der Waals surface area (Å²) in [6, 6.07) is 0. The molecule has 3 fully saturated rings. The Bertz CT molecular complexity index is 425. The van der Waals surface area contributed by atoms with Crippen LogP contribution < -0.4 is 0 Å². The molecule has 1 N–H and O–H groups in total. The molecule has 0 aromatic rings. The molecule has 0 aromatic heterocycles. The van der Waals surface area contributed by atoms with Crippen LogP contribution in [0.5, 0.6) is 0 Å². The lowest BCUT2D eigenvalue weighted by atomic mass is 9.53. The molecule has 3 aliphatic rings. The molecule has 1 saturated heterocycles. The smallest absolute Gasteiger partial charge is 0.314 e. The first-order chi connectivity index (χ1) is 9.96. The fourth-order valence-corrected chi connectivity index (χ4v) is 5.80. The second-order valence-electron chi connectivity index (χ2n) is 7.57. The number of hydrogen-bond acceptors (Lipinski definition) is 4. The zero-order valence-electron chi connectivity index (χ0n) is 13.5. The fraction of sp³-hybridized carbons (Fsp3) is 0.941. The number of hydrogen-bond donors (Lipinski definition) is 1. The van der Waals surface area contributed by atoms with Crippen LogP contribution >= 0.6 is 0 Å². The normalized spacial score (nSPS) is 49.3. The van der Waals surface area contributed by atoms with E-state index in [9.17, 15) is 9.90 Å². The van der Waals surface area contributed by atoms with Gasteiger partial charge in [-0.1, -0.05) is 20.3 Å². The van der Waals surface area contributed by atoms with Crippen LogP contribution in [0.3, 0.4) is 0 Å². The summed E-state index contributed by atoms with van der Waals surface area (Å²) < 4.78 is 11.9. The van der Waals surface area contributed by atoms with E-state index in [0.717, 1.165) is 32.1 Å². The SMILES string of the molecule is COC(=O)[C@@]12CCC[C@@](CO)(C1)OC21C(C)CCCC1C. The average molecular weight is 296 g/mol. The maximum atomic E-state index is 12.8. The molecule has 2 aliphatic carbocycles. The van der Waals surface area contributed by atoms with Gasteiger partial charge in [0.25, 0.3) is 0 Å². The van der Waals surface area contributed by atoms with Crippen molar-refractivity contribution in [3.63, 3.8) is 0 Å². The molecular weight excluding hydrogens is 268 g/mol. The summed E-state index contributed by atoms with van der Waals surface area (Å²) in [4.78, 5) is 12.8. The van der Waals surface area contributed by atoms with Gasteiger partial charge in [0, 0.05) is 0 Å². The van der Waals surface area contributed by atoms with Crippen molar-refractivity contribution < 1.29 is 19.4 Å². The number of carbonyl (C=O) groups excluding carboxylic acids is 1. The lowest BCUT2D eigenvalue weighted by Gasteiger charge is -2.52. The van der Waals surface area contributed by atoms with Gasteiger partial charge in [-0.25, -0.2) is 0 Å². The van der Waals surface area contributed by atoms with Crippen LogP contribution in [0.1, 0.15) is 58.8 Å². The minimum absolute atomic E-state index is 0.00688. The van der Waals surface area contributed by atoms with Crippen molar-refractivity contribution in [2.45, 2.75) is 70.0 Å². The second kappa shape index (κ2) is 4.95. The number of fused-ring (bicyclic) bond motifs is 3. The molecule has 4 heteroatoms. The van der Waals surface area contributed by atoms with Gasteiger partial charge in [0.05, 0.1) is 24.9 Å². The van der Waals surface area contributed by atoms with E-state index in [2.05, 4.69) is 13.8 Å². The van der Waals surface area contributed by atoms with E-state index < -0.39 is 16.6 Å². The first-order valence-corrected chi connectivity index (χ1v) is 8.36. The van der Waals surface area contributed by atoms with Gasteiger partial charge in [0.2, 0.25) is 0 Å².